The molecule has 0 amide bonds. The molecule has 0 saturated carbocycles. The van der Waals surface area contributed by atoms with Crippen molar-refractivity contribution in [2.24, 2.45) is 0 Å². The van der Waals surface area contributed by atoms with Crippen molar-refractivity contribution in [2.45, 2.75) is 6.42 Å². The van der Waals surface area contributed by atoms with E-state index in [4.69, 9.17) is 15.2 Å². The first kappa shape index (κ1) is 15.2. The summed E-state index contributed by atoms with van der Waals surface area (Å²) in [6, 6.07) is 4.83. The van der Waals surface area contributed by atoms with Crippen LogP contribution in [0.2, 0.25) is 0 Å². The minimum atomic E-state index is -0.479. The van der Waals surface area contributed by atoms with E-state index in [1.54, 1.807) is 19.2 Å². The van der Waals surface area contributed by atoms with Crippen LogP contribution in [0, 0.1) is 10.1 Å². The molecule has 7 heteroatoms. The zero-order chi connectivity index (χ0) is 14.1. The van der Waals surface area contributed by atoms with Crippen molar-refractivity contribution in [1.29, 1.82) is 0 Å². The van der Waals surface area contributed by atoms with Crippen LogP contribution >= 0.6 is 0 Å². The summed E-state index contributed by atoms with van der Waals surface area (Å²) in [7, 11) is 1.61. The lowest BCUT2D eigenvalue weighted by Gasteiger charge is -2.08. The molecular weight excluding hydrogens is 250 g/mol. The zero-order valence-corrected chi connectivity index (χ0v) is 10.9. The Bertz CT molecular complexity index is 412. The number of nitrogen functional groups attached to an aromatic ring is 1. The third-order valence-electron chi connectivity index (χ3n) is 2.46. The third-order valence-corrected chi connectivity index (χ3v) is 2.46. The number of anilines is 2. The van der Waals surface area contributed by atoms with Gasteiger partial charge in [-0.3, -0.25) is 10.1 Å². The normalized spacial score (nSPS) is 10.4. The highest BCUT2D eigenvalue weighted by molar-refractivity contribution is 5.74. The van der Waals surface area contributed by atoms with Crippen molar-refractivity contribution < 1.29 is 14.4 Å². The number of nitrogens with zero attached hydrogens (tertiary/aromatic N) is 1. The largest absolute Gasteiger partial charge is 0.393 e. The summed E-state index contributed by atoms with van der Waals surface area (Å²) in [5.74, 6) is 0. The number of rotatable bonds is 9. The summed E-state index contributed by atoms with van der Waals surface area (Å²) in [5.41, 5.74) is 6.10. The van der Waals surface area contributed by atoms with Crippen molar-refractivity contribution in [3.63, 3.8) is 0 Å². The lowest BCUT2D eigenvalue weighted by Crippen LogP contribution is -2.10. The molecule has 106 valence electrons. The number of nitro groups is 1. The summed E-state index contributed by atoms with van der Waals surface area (Å²) >= 11 is 0. The van der Waals surface area contributed by atoms with Gasteiger partial charge in [-0.2, -0.15) is 0 Å². The smallest absolute Gasteiger partial charge is 0.314 e. The van der Waals surface area contributed by atoms with Gasteiger partial charge in [0.15, 0.2) is 0 Å². The quantitative estimate of drug-likeness (QED) is 0.306. The Morgan fingerprint density at radius 2 is 2.16 bits per heavy atom. The predicted octanol–water partition coefficient (Wildman–Crippen LogP) is 1.64. The molecule has 1 aromatic carbocycles. The summed E-state index contributed by atoms with van der Waals surface area (Å²) in [6.45, 7) is 2.27. The van der Waals surface area contributed by atoms with Gasteiger partial charge in [0.05, 0.1) is 18.1 Å². The predicted molar refractivity (Wildman–Crippen MR) is 73.3 cm³/mol. The van der Waals surface area contributed by atoms with Crippen molar-refractivity contribution in [3.05, 3.63) is 28.3 Å². The molecule has 1 aromatic rings. The van der Waals surface area contributed by atoms with Crippen molar-refractivity contribution >= 4 is 17.1 Å². The first-order chi connectivity index (χ1) is 9.16. The van der Waals surface area contributed by atoms with E-state index in [0.29, 0.717) is 32.1 Å². The second kappa shape index (κ2) is 8.28. The highest BCUT2D eigenvalue weighted by Crippen LogP contribution is 2.30. The topological polar surface area (TPSA) is 99.7 Å². The molecular formula is C12H19N3O4. The van der Waals surface area contributed by atoms with E-state index in [1.165, 1.54) is 6.07 Å². The average Bonchev–Trinajstić information content (AvgIpc) is 2.37. The summed E-state index contributed by atoms with van der Waals surface area (Å²) < 4.78 is 10.1. The molecule has 0 bridgehead atoms. The number of nitrogens with two attached hydrogens (primary N) is 1. The fraction of sp³-hybridized carbons (Fsp3) is 0.500. The second-order valence-corrected chi connectivity index (χ2v) is 3.89. The molecule has 0 aromatic heterocycles. The average molecular weight is 269 g/mol. The highest BCUT2D eigenvalue weighted by Gasteiger charge is 2.16. The zero-order valence-electron chi connectivity index (χ0n) is 10.9. The van der Waals surface area contributed by atoms with Gasteiger partial charge in [0, 0.05) is 20.3 Å². The highest BCUT2D eigenvalue weighted by atomic mass is 16.6. The molecule has 0 aliphatic rings. The lowest BCUT2D eigenvalue weighted by atomic mass is 10.2. The van der Waals surface area contributed by atoms with Gasteiger partial charge < -0.3 is 20.5 Å². The maximum Gasteiger partial charge on any atom is 0.314 e. The van der Waals surface area contributed by atoms with Crippen LogP contribution in [0.4, 0.5) is 17.1 Å². The van der Waals surface area contributed by atoms with E-state index in [0.717, 1.165) is 6.42 Å². The first-order valence-electron chi connectivity index (χ1n) is 6.00. The number of benzene rings is 1. The molecule has 0 unspecified atom stereocenters. The van der Waals surface area contributed by atoms with Crippen LogP contribution in [0.15, 0.2) is 18.2 Å². The van der Waals surface area contributed by atoms with Crippen LogP contribution in [-0.2, 0) is 9.47 Å². The Morgan fingerprint density at radius 1 is 1.37 bits per heavy atom. The molecule has 0 aliphatic carbocycles. The minimum Gasteiger partial charge on any atom is -0.393 e. The number of nitro benzene ring substituents is 1. The number of para-hydroxylation sites is 1. The Labute approximate surface area is 111 Å². The van der Waals surface area contributed by atoms with Gasteiger partial charge in [0.2, 0.25) is 0 Å². The van der Waals surface area contributed by atoms with E-state index >= 15 is 0 Å². The summed E-state index contributed by atoms with van der Waals surface area (Å²) in [6.07, 6.45) is 0.746. The van der Waals surface area contributed by atoms with Gasteiger partial charge in [0.25, 0.3) is 0 Å². The fourth-order valence-corrected chi connectivity index (χ4v) is 1.55. The number of hydrogen-bond acceptors (Lipinski definition) is 6. The van der Waals surface area contributed by atoms with Gasteiger partial charge in [0.1, 0.15) is 11.4 Å². The van der Waals surface area contributed by atoms with Crippen molar-refractivity contribution in [3.8, 4) is 0 Å². The van der Waals surface area contributed by atoms with E-state index in [9.17, 15) is 10.1 Å². The first-order valence-corrected chi connectivity index (χ1v) is 6.00. The number of methoxy groups -OCH3 is 1. The van der Waals surface area contributed by atoms with Gasteiger partial charge >= 0.3 is 5.69 Å². The van der Waals surface area contributed by atoms with Crippen LogP contribution in [0.1, 0.15) is 6.42 Å². The fourth-order valence-electron chi connectivity index (χ4n) is 1.55. The molecule has 7 nitrogen and oxygen atoms in total. The molecule has 0 spiro atoms. The Morgan fingerprint density at radius 3 is 2.84 bits per heavy atom. The maximum absolute atomic E-state index is 10.9. The van der Waals surface area contributed by atoms with E-state index < -0.39 is 4.92 Å². The summed E-state index contributed by atoms with van der Waals surface area (Å²) in [4.78, 5) is 10.4. The van der Waals surface area contributed by atoms with E-state index in [-0.39, 0.29) is 11.4 Å². The van der Waals surface area contributed by atoms with Gasteiger partial charge in [-0.1, -0.05) is 6.07 Å². The van der Waals surface area contributed by atoms with Gasteiger partial charge in [-0.15, -0.1) is 0 Å². The molecule has 0 atom stereocenters. The maximum atomic E-state index is 10.9. The van der Waals surface area contributed by atoms with E-state index in [2.05, 4.69) is 5.32 Å². The number of hydrogen-bond donors (Lipinski definition) is 2. The van der Waals surface area contributed by atoms with Crippen molar-refractivity contribution in [2.75, 3.05) is 44.5 Å². The Balaban J connectivity index is 2.37. The molecule has 19 heavy (non-hydrogen) atoms. The van der Waals surface area contributed by atoms with E-state index in [1.807, 2.05) is 0 Å². The molecule has 0 heterocycles. The SMILES string of the molecule is COCCOCCCNc1cccc(N)c1[N+](=O)[O-]. The van der Waals surface area contributed by atoms with Gasteiger partial charge in [-0.05, 0) is 18.6 Å². The Kier molecular flexibility index (Phi) is 6.62. The molecule has 0 fully saturated rings. The molecule has 0 saturated heterocycles. The van der Waals surface area contributed by atoms with Crippen LogP contribution in [0.25, 0.3) is 0 Å². The molecule has 0 aliphatic heterocycles. The number of ether oxygens (including phenoxy) is 2. The standard InChI is InChI=1S/C12H19N3O4/c1-18-8-9-19-7-3-6-14-11-5-2-4-10(13)12(11)15(16)17/h2,4-5,14H,3,6-9,13H2,1H3. The van der Waals surface area contributed by atoms with Crippen molar-refractivity contribution in [1.82, 2.24) is 0 Å². The van der Waals surface area contributed by atoms with Crippen LogP contribution in [0.3, 0.4) is 0 Å². The molecule has 3 N–H and O–H groups in total. The molecule has 0 radical (unpaired) electrons. The lowest BCUT2D eigenvalue weighted by molar-refractivity contribution is -0.383. The van der Waals surface area contributed by atoms with Gasteiger partial charge in [-0.25, -0.2) is 0 Å². The second-order valence-electron chi connectivity index (χ2n) is 3.89. The number of nitrogens with one attached hydrogen (secondary N) is 1. The summed E-state index contributed by atoms with van der Waals surface area (Å²) in [5, 5.41) is 13.9. The minimum absolute atomic E-state index is 0.0807. The Hall–Kier alpha value is -1.86. The van der Waals surface area contributed by atoms with Crippen LogP contribution in [0.5, 0.6) is 0 Å². The molecule has 1 rings (SSSR count). The van der Waals surface area contributed by atoms with Crippen LogP contribution < -0.4 is 11.1 Å². The van der Waals surface area contributed by atoms with Crippen LogP contribution in [-0.4, -0.2) is 38.4 Å². The monoisotopic (exact) mass is 269 g/mol. The third kappa shape index (κ3) is 5.11.